The fraction of sp³-hybridized carbons (Fsp3) is 0.727. The molecule has 0 saturated heterocycles. The Morgan fingerprint density at radius 1 is 1.37 bits per heavy atom. The maximum absolute atomic E-state index is 10.7. The first-order valence-corrected chi connectivity index (χ1v) is 7.50. The van der Waals surface area contributed by atoms with Crippen molar-refractivity contribution >= 4 is 13.6 Å². The molecule has 1 atom stereocenters. The van der Waals surface area contributed by atoms with E-state index in [0.717, 1.165) is 11.0 Å². The number of carbonyl (C=O) groups excluding carboxylic acids is 1. The Morgan fingerprint density at radius 3 is 2.05 bits per heavy atom. The molecule has 0 amide bonds. The first-order valence-electron chi connectivity index (χ1n) is 5.74. The lowest BCUT2D eigenvalue weighted by molar-refractivity contribution is -0.870. The minimum Gasteiger partial charge on any atom is -0.391 e. The summed E-state index contributed by atoms with van der Waals surface area (Å²) in [7, 11) is 2.40. The van der Waals surface area contributed by atoms with Crippen molar-refractivity contribution in [3.8, 4) is 0 Å². The highest BCUT2D eigenvalue weighted by molar-refractivity contribution is 7.52. The van der Waals surface area contributed by atoms with Crippen LogP contribution in [0.25, 0.3) is 0 Å². The molecule has 0 radical (unpaired) electrons. The topological polar surface area (TPSA) is 93.1 Å². The predicted molar refractivity (Wildman–Crippen MR) is 72.3 cm³/mol. The van der Waals surface area contributed by atoms with E-state index in [1.54, 1.807) is 0 Å². The SMILES string of the molecule is C=C(C)C(=O)OOP(=O)(O)CC.C[N+](C)(C)CCO. The minimum atomic E-state index is -3.75. The number of aliphatic hydroxyl groups is 1. The van der Waals surface area contributed by atoms with Crippen LogP contribution in [0.2, 0.25) is 0 Å². The maximum Gasteiger partial charge on any atom is 0.368 e. The van der Waals surface area contributed by atoms with Gasteiger partial charge >= 0.3 is 13.6 Å². The Balaban J connectivity index is 0. The van der Waals surface area contributed by atoms with E-state index in [4.69, 9.17) is 10.00 Å². The standard InChI is InChI=1S/C6H11O5P.C5H14NO/c1-4-12(8,9)11-10-6(7)5(2)3;1-6(2,3)4-5-7/h2,4H2,1,3H3,(H,8,9);7H,4-5H2,1-3H3/q;+1. The van der Waals surface area contributed by atoms with Crippen LogP contribution in [0.1, 0.15) is 13.8 Å². The van der Waals surface area contributed by atoms with E-state index in [-0.39, 0.29) is 18.3 Å². The van der Waals surface area contributed by atoms with Gasteiger partial charge in [0.1, 0.15) is 6.54 Å². The molecule has 114 valence electrons. The van der Waals surface area contributed by atoms with Crippen LogP contribution in [0.5, 0.6) is 0 Å². The molecule has 0 aromatic rings. The summed E-state index contributed by atoms with van der Waals surface area (Å²) in [5, 5.41) is 8.39. The van der Waals surface area contributed by atoms with E-state index in [9.17, 15) is 9.36 Å². The highest BCUT2D eigenvalue weighted by Gasteiger charge is 2.20. The van der Waals surface area contributed by atoms with Gasteiger partial charge in [-0.15, -0.1) is 0 Å². The van der Waals surface area contributed by atoms with Crippen LogP contribution < -0.4 is 0 Å². The van der Waals surface area contributed by atoms with Gasteiger partial charge in [-0.2, -0.15) is 0 Å². The molecular weight excluding hydrogens is 273 g/mol. The van der Waals surface area contributed by atoms with Crippen LogP contribution in [0, 0.1) is 0 Å². The molecule has 0 spiro atoms. The molecule has 0 aromatic heterocycles. The number of quaternary nitrogens is 1. The molecule has 0 bridgehead atoms. The van der Waals surface area contributed by atoms with Gasteiger partial charge in [0.25, 0.3) is 0 Å². The van der Waals surface area contributed by atoms with Crippen molar-refractivity contribution in [3.05, 3.63) is 12.2 Å². The third-order valence-corrected chi connectivity index (χ3v) is 2.86. The van der Waals surface area contributed by atoms with Crippen LogP contribution >= 0.6 is 7.60 Å². The first-order chi connectivity index (χ1) is 8.45. The number of hydrogen-bond acceptors (Lipinski definition) is 5. The Bertz CT molecular complexity index is 337. The minimum absolute atomic E-state index is 0.103. The number of rotatable bonds is 6. The van der Waals surface area contributed by atoms with Gasteiger partial charge in [-0.25, -0.2) is 4.79 Å². The molecule has 0 aliphatic rings. The van der Waals surface area contributed by atoms with Crippen LogP contribution in [-0.4, -0.2) is 60.9 Å². The molecule has 1 unspecified atom stereocenters. The monoisotopic (exact) mass is 298 g/mol. The summed E-state index contributed by atoms with van der Waals surface area (Å²) in [5.74, 6) is -0.849. The molecule has 0 saturated carbocycles. The third kappa shape index (κ3) is 15.2. The van der Waals surface area contributed by atoms with E-state index in [1.165, 1.54) is 13.8 Å². The van der Waals surface area contributed by atoms with E-state index >= 15 is 0 Å². The Kier molecular flexibility index (Phi) is 10.0. The quantitative estimate of drug-likeness (QED) is 0.249. The average Bonchev–Trinajstić information content (AvgIpc) is 2.25. The molecule has 0 rings (SSSR count). The molecule has 7 nitrogen and oxygen atoms in total. The summed E-state index contributed by atoms with van der Waals surface area (Å²) in [6.07, 6.45) is -0.115. The Hall–Kier alpha value is -0.720. The van der Waals surface area contributed by atoms with E-state index < -0.39 is 13.6 Å². The summed E-state index contributed by atoms with van der Waals surface area (Å²) in [6, 6.07) is 0. The summed E-state index contributed by atoms with van der Waals surface area (Å²) < 4.78 is 15.6. The molecule has 2 N–H and O–H groups in total. The highest BCUT2D eigenvalue weighted by Crippen LogP contribution is 2.41. The van der Waals surface area contributed by atoms with E-state index in [0.29, 0.717) is 0 Å². The second-order valence-electron chi connectivity index (χ2n) is 4.92. The zero-order valence-corrected chi connectivity index (χ0v) is 13.1. The largest absolute Gasteiger partial charge is 0.391 e. The lowest BCUT2D eigenvalue weighted by atomic mass is 10.4. The van der Waals surface area contributed by atoms with Gasteiger partial charge in [0.05, 0.1) is 33.9 Å². The third-order valence-electron chi connectivity index (χ3n) is 1.75. The molecule has 19 heavy (non-hydrogen) atoms. The number of hydrogen-bond donors (Lipinski definition) is 2. The van der Waals surface area contributed by atoms with Crippen LogP contribution in [0.3, 0.4) is 0 Å². The second kappa shape index (κ2) is 9.23. The number of carbonyl (C=O) groups is 1. The second-order valence-corrected chi connectivity index (χ2v) is 6.97. The molecule has 0 fully saturated rings. The smallest absolute Gasteiger partial charge is 0.368 e. The van der Waals surface area contributed by atoms with Gasteiger partial charge in [-0.1, -0.05) is 18.2 Å². The van der Waals surface area contributed by atoms with Crippen LogP contribution in [-0.2, 0) is 18.9 Å². The Labute approximate surface area is 114 Å². The van der Waals surface area contributed by atoms with Gasteiger partial charge in [-0.05, 0) is 6.92 Å². The van der Waals surface area contributed by atoms with Crippen molar-refractivity contribution in [2.45, 2.75) is 13.8 Å². The molecule has 0 heterocycles. The summed E-state index contributed by atoms with van der Waals surface area (Å²) in [6.45, 7) is 7.21. The molecular formula is C11H25NO6P+. The average molecular weight is 298 g/mol. The van der Waals surface area contributed by atoms with E-state index in [2.05, 4.69) is 37.3 Å². The molecule has 8 heteroatoms. The predicted octanol–water partition coefficient (Wildman–Crippen LogP) is 0.927. The van der Waals surface area contributed by atoms with Gasteiger partial charge in [0.15, 0.2) is 0 Å². The summed E-state index contributed by atoms with van der Waals surface area (Å²) in [5.41, 5.74) is 0.103. The fourth-order valence-corrected chi connectivity index (χ4v) is 0.805. The molecule has 0 aromatic carbocycles. The first kappa shape index (κ1) is 20.6. The fourth-order valence-electron chi connectivity index (χ4n) is 0.516. The number of aliphatic hydroxyl groups excluding tert-OH is 1. The Morgan fingerprint density at radius 2 is 1.84 bits per heavy atom. The number of likely N-dealkylation sites (N-methyl/N-ethyl adjacent to an activating group) is 1. The van der Waals surface area contributed by atoms with Gasteiger partial charge in [0, 0.05) is 5.57 Å². The zero-order valence-electron chi connectivity index (χ0n) is 12.3. The zero-order chi connectivity index (χ0) is 15.7. The van der Waals surface area contributed by atoms with Crippen molar-refractivity contribution in [1.82, 2.24) is 0 Å². The van der Waals surface area contributed by atoms with Gasteiger partial charge < -0.3 is 14.5 Å². The van der Waals surface area contributed by atoms with Crippen molar-refractivity contribution in [1.29, 1.82) is 0 Å². The lowest BCUT2D eigenvalue weighted by Gasteiger charge is -2.21. The summed E-state index contributed by atoms with van der Waals surface area (Å²) >= 11 is 0. The van der Waals surface area contributed by atoms with Crippen molar-refractivity contribution < 1.29 is 33.4 Å². The molecule has 0 aliphatic heterocycles. The van der Waals surface area contributed by atoms with Crippen molar-refractivity contribution in [2.75, 3.05) is 40.5 Å². The normalized spacial score (nSPS) is 13.8. The summed E-state index contributed by atoms with van der Waals surface area (Å²) in [4.78, 5) is 23.4. The van der Waals surface area contributed by atoms with Crippen LogP contribution in [0.15, 0.2) is 12.2 Å². The lowest BCUT2D eigenvalue weighted by Crippen LogP contribution is -2.36. The van der Waals surface area contributed by atoms with Crippen molar-refractivity contribution in [2.24, 2.45) is 0 Å². The van der Waals surface area contributed by atoms with Crippen molar-refractivity contribution in [3.63, 3.8) is 0 Å². The van der Waals surface area contributed by atoms with Gasteiger partial charge in [-0.3, -0.25) is 9.45 Å². The van der Waals surface area contributed by atoms with Gasteiger partial charge in [0.2, 0.25) is 0 Å². The van der Waals surface area contributed by atoms with Crippen LogP contribution in [0.4, 0.5) is 0 Å². The number of nitrogens with zero attached hydrogens (tertiary/aromatic N) is 1. The van der Waals surface area contributed by atoms with E-state index in [1.807, 2.05) is 0 Å². The highest BCUT2D eigenvalue weighted by atomic mass is 31.2. The molecule has 0 aliphatic carbocycles. The maximum atomic E-state index is 10.7.